The van der Waals surface area contributed by atoms with E-state index in [-0.39, 0.29) is 5.56 Å². The highest BCUT2D eigenvalue weighted by atomic mass is 32.1. The number of aromatic nitrogens is 2. The third-order valence-electron chi connectivity index (χ3n) is 4.53. The van der Waals surface area contributed by atoms with E-state index in [0.29, 0.717) is 33.7 Å². The van der Waals surface area contributed by atoms with Crippen molar-refractivity contribution in [2.75, 3.05) is 14.2 Å². The SMILES string of the molecule is COc1cc2[nH]c(=S)n(CCC3=CCCCC3)c(=O)c2cc1OC. The van der Waals surface area contributed by atoms with Gasteiger partial charge in [0.1, 0.15) is 0 Å². The van der Waals surface area contributed by atoms with Gasteiger partial charge < -0.3 is 14.5 Å². The second kappa shape index (κ2) is 7.21. The highest BCUT2D eigenvalue weighted by molar-refractivity contribution is 7.71. The van der Waals surface area contributed by atoms with Crippen molar-refractivity contribution in [3.63, 3.8) is 0 Å². The molecule has 1 aromatic heterocycles. The van der Waals surface area contributed by atoms with Crippen LogP contribution in [0.15, 0.2) is 28.6 Å². The lowest BCUT2D eigenvalue weighted by Gasteiger charge is -2.14. The minimum atomic E-state index is -0.0916. The van der Waals surface area contributed by atoms with Gasteiger partial charge in [0.2, 0.25) is 0 Å². The Hall–Kier alpha value is -2.08. The minimum absolute atomic E-state index is 0.0916. The number of nitrogens with one attached hydrogen (secondary N) is 1. The quantitative estimate of drug-likeness (QED) is 0.657. The molecule has 1 heterocycles. The molecule has 0 amide bonds. The lowest BCUT2D eigenvalue weighted by atomic mass is 9.97. The molecule has 24 heavy (non-hydrogen) atoms. The molecule has 1 N–H and O–H groups in total. The van der Waals surface area contributed by atoms with Crippen LogP contribution in [0.5, 0.6) is 11.5 Å². The number of hydrogen-bond donors (Lipinski definition) is 1. The summed E-state index contributed by atoms with van der Waals surface area (Å²) in [5.74, 6) is 1.11. The van der Waals surface area contributed by atoms with Crippen molar-refractivity contribution in [2.45, 2.75) is 38.6 Å². The highest BCUT2D eigenvalue weighted by Gasteiger charge is 2.12. The van der Waals surface area contributed by atoms with Gasteiger partial charge in [0.05, 0.1) is 25.1 Å². The Balaban J connectivity index is 2.01. The van der Waals surface area contributed by atoms with Gasteiger partial charge in [-0.15, -0.1) is 0 Å². The lowest BCUT2D eigenvalue weighted by Crippen LogP contribution is -2.22. The fourth-order valence-electron chi connectivity index (χ4n) is 3.17. The van der Waals surface area contributed by atoms with Crippen molar-refractivity contribution in [3.05, 3.63) is 38.9 Å². The largest absolute Gasteiger partial charge is 0.493 e. The molecule has 1 aromatic carbocycles. The number of rotatable bonds is 5. The summed E-state index contributed by atoms with van der Waals surface area (Å²) < 4.78 is 12.7. The standard InChI is InChI=1S/C18H22N2O3S/c1-22-15-10-13-14(11-16(15)23-2)19-18(24)20(17(13)21)9-8-12-6-4-3-5-7-12/h6,10-11H,3-5,7-9H2,1-2H3,(H,19,24). The predicted octanol–water partition coefficient (Wildman–Crippen LogP) is 3.97. The summed E-state index contributed by atoms with van der Waals surface area (Å²) in [7, 11) is 3.13. The second-order valence-corrected chi connectivity index (χ2v) is 6.38. The van der Waals surface area contributed by atoms with E-state index in [0.717, 1.165) is 19.3 Å². The van der Waals surface area contributed by atoms with Gasteiger partial charge in [-0.25, -0.2) is 0 Å². The van der Waals surface area contributed by atoms with Crippen LogP contribution in [-0.2, 0) is 6.54 Å². The van der Waals surface area contributed by atoms with E-state index in [2.05, 4.69) is 11.1 Å². The number of benzene rings is 1. The minimum Gasteiger partial charge on any atom is -0.493 e. The molecule has 0 radical (unpaired) electrons. The first kappa shape index (κ1) is 16.8. The normalized spacial score (nSPS) is 14.5. The van der Waals surface area contributed by atoms with Crippen LogP contribution in [0.4, 0.5) is 0 Å². The van der Waals surface area contributed by atoms with Gasteiger partial charge in [-0.1, -0.05) is 11.6 Å². The number of ether oxygens (including phenoxy) is 2. The van der Waals surface area contributed by atoms with Crippen LogP contribution < -0.4 is 15.0 Å². The second-order valence-electron chi connectivity index (χ2n) is 6.00. The Labute approximate surface area is 145 Å². The Kier molecular flexibility index (Phi) is 5.04. The topological polar surface area (TPSA) is 56.2 Å². The van der Waals surface area contributed by atoms with E-state index in [1.165, 1.54) is 18.4 Å². The molecule has 2 aromatic rings. The fraction of sp³-hybridized carbons (Fsp3) is 0.444. The average Bonchev–Trinajstić information content (AvgIpc) is 2.61. The first-order chi connectivity index (χ1) is 11.6. The Morgan fingerprint density at radius 3 is 2.62 bits per heavy atom. The summed E-state index contributed by atoms with van der Waals surface area (Å²) in [6.45, 7) is 0.601. The molecule has 0 unspecified atom stereocenters. The van der Waals surface area contributed by atoms with Crippen molar-refractivity contribution >= 4 is 23.1 Å². The highest BCUT2D eigenvalue weighted by Crippen LogP contribution is 2.30. The third-order valence-corrected chi connectivity index (χ3v) is 4.85. The van der Waals surface area contributed by atoms with Crippen molar-refractivity contribution in [1.29, 1.82) is 0 Å². The number of methoxy groups -OCH3 is 2. The molecule has 0 fully saturated rings. The number of fused-ring (bicyclic) bond motifs is 1. The number of hydrogen-bond acceptors (Lipinski definition) is 4. The first-order valence-electron chi connectivity index (χ1n) is 8.21. The van der Waals surface area contributed by atoms with E-state index < -0.39 is 0 Å². The van der Waals surface area contributed by atoms with Crippen molar-refractivity contribution in [2.24, 2.45) is 0 Å². The van der Waals surface area contributed by atoms with E-state index in [1.54, 1.807) is 30.9 Å². The maximum atomic E-state index is 12.9. The molecule has 0 spiro atoms. The van der Waals surface area contributed by atoms with Crippen LogP contribution in [-0.4, -0.2) is 23.8 Å². The Bertz CT molecular complexity index is 895. The zero-order chi connectivity index (χ0) is 17.1. The zero-order valence-electron chi connectivity index (χ0n) is 14.1. The van der Waals surface area contributed by atoms with E-state index in [4.69, 9.17) is 21.7 Å². The summed E-state index contributed by atoms with van der Waals surface area (Å²) in [4.78, 5) is 16.0. The van der Waals surface area contributed by atoms with Crippen LogP contribution in [0.1, 0.15) is 32.1 Å². The molecule has 3 rings (SSSR count). The molecular weight excluding hydrogens is 324 g/mol. The summed E-state index contributed by atoms with van der Waals surface area (Å²) in [5, 5.41) is 0.555. The molecule has 0 saturated heterocycles. The Morgan fingerprint density at radius 1 is 1.21 bits per heavy atom. The smallest absolute Gasteiger partial charge is 0.262 e. The molecule has 0 saturated carbocycles. The van der Waals surface area contributed by atoms with Crippen molar-refractivity contribution in [1.82, 2.24) is 9.55 Å². The van der Waals surface area contributed by atoms with Gasteiger partial charge in [0.25, 0.3) is 5.56 Å². The fourth-order valence-corrected chi connectivity index (χ4v) is 3.45. The van der Waals surface area contributed by atoms with Crippen molar-refractivity contribution in [3.8, 4) is 11.5 Å². The summed E-state index contributed by atoms with van der Waals surface area (Å²) in [6.07, 6.45) is 7.95. The molecule has 0 bridgehead atoms. The van der Waals surface area contributed by atoms with Gasteiger partial charge >= 0.3 is 0 Å². The van der Waals surface area contributed by atoms with E-state index >= 15 is 0 Å². The molecule has 128 valence electrons. The van der Waals surface area contributed by atoms with Gasteiger partial charge in [-0.3, -0.25) is 9.36 Å². The molecular formula is C18H22N2O3S. The molecule has 1 aliphatic rings. The predicted molar refractivity (Wildman–Crippen MR) is 97.7 cm³/mol. The third kappa shape index (κ3) is 3.24. The maximum absolute atomic E-state index is 12.9. The Morgan fingerprint density at radius 2 is 1.96 bits per heavy atom. The molecule has 0 aliphatic heterocycles. The number of aromatic amines is 1. The van der Waals surface area contributed by atoms with Gasteiger partial charge in [0.15, 0.2) is 16.3 Å². The van der Waals surface area contributed by atoms with Crippen LogP contribution in [0, 0.1) is 4.77 Å². The van der Waals surface area contributed by atoms with Gasteiger partial charge in [-0.2, -0.15) is 0 Å². The number of H-pyrrole nitrogens is 1. The summed E-state index contributed by atoms with van der Waals surface area (Å²) >= 11 is 5.39. The van der Waals surface area contributed by atoms with E-state index in [9.17, 15) is 4.79 Å². The molecule has 5 nitrogen and oxygen atoms in total. The van der Waals surface area contributed by atoms with Gasteiger partial charge in [0, 0.05) is 12.6 Å². The van der Waals surface area contributed by atoms with Crippen LogP contribution in [0.25, 0.3) is 10.9 Å². The molecule has 0 atom stereocenters. The van der Waals surface area contributed by atoms with Crippen LogP contribution in [0.2, 0.25) is 0 Å². The maximum Gasteiger partial charge on any atom is 0.262 e. The zero-order valence-corrected chi connectivity index (χ0v) is 14.9. The summed E-state index contributed by atoms with van der Waals surface area (Å²) in [5.41, 5.74) is 2.00. The summed E-state index contributed by atoms with van der Waals surface area (Å²) in [6, 6.07) is 3.46. The van der Waals surface area contributed by atoms with Crippen LogP contribution >= 0.6 is 12.2 Å². The number of nitrogens with zero attached hydrogens (tertiary/aromatic N) is 1. The molecule has 6 heteroatoms. The number of allylic oxidation sites excluding steroid dienone is 2. The lowest BCUT2D eigenvalue weighted by molar-refractivity contribution is 0.355. The first-order valence-corrected chi connectivity index (χ1v) is 8.61. The van der Waals surface area contributed by atoms with Crippen LogP contribution in [0.3, 0.4) is 0 Å². The molecule has 1 aliphatic carbocycles. The monoisotopic (exact) mass is 346 g/mol. The van der Waals surface area contributed by atoms with E-state index in [1.807, 2.05) is 0 Å². The average molecular weight is 346 g/mol. The van der Waals surface area contributed by atoms with Crippen molar-refractivity contribution < 1.29 is 9.47 Å². The van der Waals surface area contributed by atoms with Gasteiger partial charge in [-0.05, 0) is 50.4 Å².